The summed E-state index contributed by atoms with van der Waals surface area (Å²) in [6, 6.07) is 0. The molecule has 0 fully saturated rings. The van der Waals surface area contributed by atoms with Crippen molar-refractivity contribution in [2.75, 3.05) is 6.61 Å². The highest BCUT2D eigenvalue weighted by atomic mass is 32.1. The lowest BCUT2D eigenvalue weighted by Gasteiger charge is -2.36. The smallest absolute Gasteiger partial charge is 0.192 e. The van der Waals surface area contributed by atoms with Gasteiger partial charge < -0.3 is 8.85 Å². The summed E-state index contributed by atoms with van der Waals surface area (Å²) >= 11 is 1.73. The second kappa shape index (κ2) is 7.92. The van der Waals surface area contributed by atoms with Crippen molar-refractivity contribution in [2.45, 2.75) is 97.3 Å². The Bertz CT molecular complexity index is 557. The molecule has 1 heterocycles. The highest BCUT2D eigenvalue weighted by Crippen LogP contribution is 2.38. The lowest BCUT2D eigenvalue weighted by atomic mass is 10.2. The van der Waals surface area contributed by atoms with E-state index in [1.807, 2.05) is 0 Å². The first kappa shape index (κ1) is 23.0. The lowest BCUT2D eigenvalue weighted by Crippen LogP contribution is -2.41. The predicted octanol–water partition coefficient (Wildman–Crippen LogP) is 6.79. The predicted molar refractivity (Wildman–Crippen MR) is 116 cm³/mol. The van der Waals surface area contributed by atoms with Crippen molar-refractivity contribution < 1.29 is 8.85 Å². The number of hydrogen-bond donors (Lipinski definition) is 0. The van der Waals surface area contributed by atoms with Crippen LogP contribution in [0.1, 0.15) is 65.1 Å². The number of rotatable bonds is 7. The molecule has 25 heavy (non-hydrogen) atoms. The van der Waals surface area contributed by atoms with Crippen molar-refractivity contribution in [2.24, 2.45) is 0 Å². The fraction of sp³-hybridized carbons (Fsp3) is 0.842. The molecule has 0 aliphatic carbocycles. The third-order valence-electron chi connectivity index (χ3n) is 5.88. The minimum absolute atomic E-state index is 0.232. The summed E-state index contributed by atoms with van der Waals surface area (Å²) in [4.78, 5) is 4.81. The minimum atomic E-state index is -1.72. The van der Waals surface area contributed by atoms with Crippen molar-refractivity contribution >= 4 is 28.0 Å². The lowest BCUT2D eigenvalue weighted by molar-refractivity contribution is 0.265. The molecule has 1 aromatic rings. The van der Waals surface area contributed by atoms with E-state index in [1.54, 1.807) is 11.3 Å². The van der Waals surface area contributed by atoms with Crippen LogP contribution in [0.15, 0.2) is 5.38 Å². The summed E-state index contributed by atoms with van der Waals surface area (Å²) < 4.78 is 12.7. The summed E-state index contributed by atoms with van der Waals surface area (Å²) in [5.41, 5.74) is 1.06. The third kappa shape index (κ3) is 6.27. The standard InChI is InChI=1S/C19H39NO2SSi2/c1-15(12-21-24(8,9)18(2,3)4)17-20-16(14-23-17)13-22-25(10,11)19(5,6)7/h14-15H,12-13H2,1-11H3. The van der Waals surface area contributed by atoms with E-state index in [2.05, 4.69) is 80.0 Å². The maximum Gasteiger partial charge on any atom is 0.192 e. The van der Waals surface area contributed by atoms with Gasteiger partial charge in [0.25, 0.3) is 0 Å². The molecule has 146 valence electrons. The summed E-state index contributed by atoms with van der Waals surface area (Å²) in [6.45, 7) is 26.4. The van der Waals surface area contributed by atoms with Gasteiger partial charge in [-0.3, -0.25) is 0 Å². The molecule has 1 atom stereocenters. The van der Waals surface area contributed by atoms with Crippen LogP contribution in [-0.2, 0) is 15.5 Å². The molecular formula is C19H39NO2SSi2. The molecule has 1 rings (SSSR count). The largest absolute Gasteiger partial charge is 0.416 e. The zero-order valence-corrected chi connectivity index (χ0v) is 21.1. The monoisotopic (exact) mass is 401 g/mol. The molecule has 0 spiro atoms. The summed E-state index contributed by atoms with van der Waals surface area (Å²) in [5.74, 6) is 0.334. The Kier molecular flexibility index (Phi) is 7.30. The Morgan fingerprint density at radius 2 is 1.44 bits per heavy atom. The Balaban J connectivity index is 2.63. The van der Waals surface area contributed by atoms with Gasteiger partial charge >= 0.3 is 0 Å². The van der Waals surface area contributed by atoms with Crippen LogP contribution in [0.4, 0.5) is 0 Å². The van der Waals surface area contributed by atoms with Gasteiger partial charge in [-0.05, 0) is 36.3 Å². The van der Waals surface area contributed by atoms with Gasteiger partial charge in [-0.2, -0.15) is 0 Å². The van der Waals surface area contributed by atoms with E-state index in [-0.39, 0.29) is 10.1 Å². The SMILES string of the molecule is CC(CO[Si](C)(C)C(C)(C)C)c1nc(CO[Si](C)(C)C(C)(C)C)cs1. The van der Waals surface area contributed by atoms with Crippen molar-refractivity contribution in [1.29, 1.82) is 0 Å². The molecule has 0 bridgehead atoms. The molecule has 0 aliphatic heterocycles. The Labute approximate surface area is 161 Å². The molecule has 3 nitrogen and oxygen atoms in total. The number of aromatic nitrogens is 1. The zero-order valence-electron chi connectivity index (χ0n) is 18.2. The van der Waals surface area contributed by atoms with Crippen LogP contribution in [0.5, 0.6) is 0 Å². The fourth-order valence-corrected chi connectivity index (χ4v) is 4.60. The Hall–Kier alpha value is -0.0162. The average Bonchev–Trinajstić information content (AvgIpc) is 2.89. The average molecular weight is 402 g/mol. The first-order valence-corrected chi connectivity index (χ1v) is 16.0. The summed E-state index contributed by atoms with van der Waals surface area (Å²) in [6.07, 6.45) is 0. The van der Waals surface area contributed by atoms with E-state index in [4.69, 9.17) is 13.8 Å². The van der Waals surface area contributed by atoms with E-state index >= 15 is 0 Å². The summed E-state index contributed by atoms with van der Waals surface area (Å²) in [5, 5.41) is 3.78. The Morgan fingerprint density at radius 3 is 1.92 bits per heavy atom. The maximum atomic E-state index is 6.36. The topological polar surface area (TPSA) is 31.4 Å². The van der Waals surface area contributed by atoms with Crippen LogP contribution in [0.25, 0.3) is 0 Å². The van der Waals surface area contributed by atoms with Gasteiger partial charge in [0.15, 0.2) is 16.6 Å². The van der Waals surface area contributed by atoms with Gasteiger partial charge in [-0.15, -0.1) is 11.3 Å². The second-order valence-corrected chi connectivity index (χ2v) is 20.7. The number of hydrogen-bond acceptors (Lipinski definition) is 4. The Morgan fingerprint density at radius 1 is 0.960 bits per heavy atom. The van der Waals surface area contributed by atoms with Crippen molar-refractivity contribution in [3.8, 4) is 0 Å². The van der Waals surface area contributed by atoms with Gasteiger partial charge in [0, 0.05) is 17.9 Å². The molecule has 0 amide bonds. The number of thiazole rings is 1. The maximum absolute atomic E-state index is 6.36. The van der Waals surface area contributed by atoms with Gasteiger partial charge in [0.2, 0.25) is 0 Å². The minimum Gasteiger partial charge on any atom is -0.416 e. The van der Waals surface area contributed by atoms with Crippen molar-refractivity contribution in [3.63, 3.8) is 0 Å². The molecule has 6 heteroatoms. The molecule has 0 radical (unpaired) electrons. The first-order valence-electron chi connectivity index (χ1n) is 9.29. The van der Waals surface area contributed by atoms with E-state index in [0.717, 1.165) is 17.3 Å². The van der Waals surface area contributed by atoms with Gasteiger partial charge in [-0.1, -0.05) is 48.5 Å². The van der Waals surface area contributed by atoms with Crippen molar-refractivity contribution in [3.05, 3.63) is 16.1 Å². The van der Waals surface area contributed by atoms with Crippen LogP contribution < -0.4 is 0 Å². The van der Waals surface area contributed by atoms with E-state index in [1.165, 1.54) is 0 Å². The molecule has 1 unspecified atom stereocenters. The van der Waals surface area contributed by atoms with E-state index < -0.39 is 16.6 Å². The molecule has 0 saturated heterocycles. The molecule has 0 aliphatic rings. The molecule has 1 aromatic heterocycles. The third-order valence-corrected chi connectivity index (χ3v) is 16.0. The van der Waals surface area contributed by atoms with Gasteiger partial charge in [0.05, 0.1) is 17.3 Å². The van der Waals surface area contributed by atoms with E-state index in [9.17, 15) is 0 Å². The van der Waals surface area contributed by atoms with Crippen LogP contribution in [0.3, 0.4) is 0 Å². The number of nitrogens with zero attached hydrogens (tertiary/aromatic N) is 1. The fourth-order valence-electron chi connectivity index (χ4n) is 1.71. The quantitative estimate of drug-likeness (QED) is 0.471. The molecule has 0 N–H and O–H groups in total. The van der Waals surface area contributed by atoms with E-state index in [0.29, 0.717) is 12.5 Å². The van der Waals surface area contributed by atoms with Crippen LogP contribution in [-0.4, -0.2) is 28.2 Å². The molecular weight excluding hydrogens is 362 g/mol. The van der Waals surface area contributed by atoms with Gasteiger partial charge in [0.1, 0.15) is 0 Å². The van der Waals surface area contributed by atoms with Crippen LogP contribution in [0.2, 0.25) is 36.3 Å². The molecule has 0 aromatic carbocycles. The van der Waals surface area contributed by atoms with Crippen LogP contribution in [0, 0.1) is 0 Å². The highest BCUT2D eigenvalue weighted by molar-refractivity contribution is 7.09. The van der Waals surface area contributed by atoms with Gasteiger partial charge in [-0.25, -0.2) is 4.98 Å². The normalized spacial score (nSPS) is 15.5. The second-order valence-electron chi connectivity index (χ2n) is 10.2. The van der Waals surface area contributed by atoms with Crippen LogP contribution >= 0.6 is 11.3 Å². The summed E-state index contributed by atoms with van der Waals surface area (Å²) in [7, 11) is -3.42. The first-order chi connectivity index (χ1) is 11.1. The highest BCUT2D eigenvalue weighted by Gasteiger charge is 2.38. The molecule has 0 saturated carbocycles. The van der Waals surface area contributed by atoms with Crippen molar-refractivity contribution in [1.82, 2.24) is 4.98 Å². The zero-order chi connectivity index (χ0) is 19.7.